The van der Waals surface area contributed by atoms with Crippen LogP contribution >= 0.6 is 0 Å². The number of hydrogen-bond acceptors (Lipinski definition) is 2. The average Bonchev–Trinajstić information content (AvgIpc) is 2.86. The Morgan fingerprint density at radius 1 is 1.41 bits per heavy atom. The van der Waals surface area contributed by atoms with Gasteiger partial charge in [-0.15, -0.1) is 0 Å². The molecule has 0 aliphatic heterocycles. The maximum absolute atomic E-state index is 12.2. The normalized spacial score (nSPS) is 21.4. The van der Waals surface area contributed by atoms with Crippen LogP contribution in [0.5, 0.6) is 5.75 Å². The molecule has 1 aromatic rings. The van der Waals surface area contributed by atoms with Gasteiger partial charge in [0, 0.05) is 11.5 Å². The molecule has 0 saturated heterocycles. The number of benzene rings is 1. The first-order valence-electron chi connectivity index (χ1n) is 6.21. The molecule has 0 N–H and O–H groups in total. The Morgan fingerprint density at radius 2 is 2.06 bits per heavy atom. The van der Waals surface area contributed by atoms with Crippen molar-refractivity contribution in [2.45, 2.75) is 40.2 Å². The molecule has 1 atom stereocenters. The number of rotatable bonds is 4. The molecule has 17 heavy (non-hydrogen) atoms. The van der Waals surface area contributed by atoms with E-state index in [0.29, 0.717) is 0 Å². The van der Waals surface area contributed by atoms with Gasteiger partial charge < -0.3 is 4.74 Å². The maximum Gasteiger partial charge on any atom is 0.166 e. The van der Waals surface area contributed by atoms with Crippen LogP contribution in [-0.4, -0.2) is 11.9 Å². The number of carbonyl (C=O) groups is 1. The van der Waals surface area contributed by atoms with E-state index in [9.17, 15) is 4.79 Å². The molecule has 1 aromatic carbocycles. The van der Waals surface area contributed by atoms with Gasteiger partial charge in [-0.1, -0.05) is 26.0 Å². The molecule has 2 nitrogen and oxygen atoms in total. The molecule has 1 aliphatic carbocycles. The van der Waals surface area contributed by atoms with E-state index in [-0.39, 0.29) is 23.2 Å². The van der Waals surface area contributed by atoms with E-state index in [1.807, 2.05) is 38.1 Å². The number of Topliss-reactive ketones (excluding diaryl/α,β-unsaturated/α-hetero) is 1. The van der Waals surface area contributed by atoms with Gasteiger partial charge in [-0.05, 0) is 37.8 Å². The van der Waals surface area contributed by atoms with Crippen LogP contribution in [0.1, 0.15) is 44.5 Å². The molecule has 1 saturated carbocycles. The van der Waals surface area contributed by atoms with Crippen molar-refractivity contribution >= 4 is 5.78 Å². The Bertz CT molecular complexity index is 432. The van der Waals surface area contributed by atoms with Gasteiger partial charge in [0.15, 0.2) is 5.78 Å². The summed E-state index contributed by atoms with van der Waals surface area (Å²) in [5.74, 6) is 1.23. The monoisotopic (exact) mass is 232 g/mol. The maximum atomic E-state index is 12.2. The molecule has 0 amide bonds. The quantitative estimate of drug-likeness (QED) is 0.740. The second-order valence-electron chi connectivity index (χ2n) is 5.80. The van der Waals surface area contributed by atoms with E-state index in [1.54, 1.807) is 0 Å². The van der Waals surface area contributed by atoms with Gasteiger partial charge >= 0.3 is 0 Å². The summed E-state index contributed by atoms with van der Waals surface area (Å²) < 4.78 is 5.60. The Balaban J connectivity index is 2.14. The van der Waals surface area contributed by atoms with Crippen molar-refractivity contribution in [3.63, 3.8) is 0 Å². The second kappa shape index (κ2) is 4.17. The number of carbonyl (C=O) groups excluding carboxylic acids is 1. The minimum Gasteiger partial charge on any atom is -0.491 e. The Hall–Kier alpha value is -1.31. The van der Waals surface area contributed by atoms with Crippen molar-refractivity contribution in [2.75, 3.05) is 0 Å². The van der Waals surface area contributed by atoms with E-state index in [2.05, 4.69) is 13.8 Å². The van der Waals surface area contributed by atoms with Crippen molar-refractivity contribution in [2.24, 2.45) is 11.3 Å². The molecule has 0 heterocycles. The molecule has 2 rings (SSSR count). The van der Waals surface area contributed by atoms with E-state index in [4.69, 9.17) is 4.74 Å². The van der Waals surface area contributed by atoms with Crippen LogP contribution in [0.3, 0.4) is 0 Å². The molecule has 92 valence electrons. The summed E-state index contributed by atoms with van der Waals surface area (Å²) in [6.07, 6.45) is 1.14. The van der Waals surface area contributed by atoms with E-state index in [1.165, 1.54) is 0 Å². The molecular formula is C15H20O2. The first kappa shape index (κ1) is 12.2. The zero-order chi connectivity index (χ0) is 12.6. The highest BCUT2D eigenvalue weighted by molar-refractivity contribution is 6.00. The van der Waals surface area contributed by atoms with Crippen LogP contribution in [0.25, 0.3) is 0 Å². The zero-order valence-electron chi connectivity index (χ0n) is 11.0. The fraction of sp³-hybridized carbons (Fsp3) is 0.533. The molecule has 1 fully saturated rings. The van der Waals surface area contributed by atoms with Crippen molar-refractivity contribution < 1.29 is 9.53 Å². The van der Waals surface area contributed by atoms with Crippen molar-refractivity contribution in [3.05, 3.63) is 29.8 Å². The van der Waals surface area contributed by atoms with Gasteiger partial charge in [-0.25, -0.2) is 0 Å². The van der Waals surface area contributed by atoms with E-state index >= 15 is 0 Å². The van der Waals surface area contributed by atoms with Gasteiger partial charge in [0.2, 0.25) is 0 Å². The van der Waals surface area contributed by atoms with Gasteiger partial charge in [0.25, 0.3) is 0 Å². The van der Waals surface area contributed by atoms with Crippen LogP contribution < -0.4 is 4.74 Å². The average molecular weight is 232 g/mol. The molecular weight excluding hydrogens is 212 g/mol. The highest BCUT2D eigenvalue weighted by Crippen LogP contribution is 2.53. The predicted molar refractivity (Wildman–Crippen MR) is 68.4 cm³/mol. The highest BCUT2D eigenvalue weighted by atomic mass is 16.5. The standard InChI is InChI=1S/C15H20O2/c1-10(2)17-12-7-5-6-11(8-12)14(16)13-9-15(13,3)4/h5-8,10,13H,9H2,1-4H3. The number of ketones is 1. The van der Waals surface area contributed by atoms with Gasteiger partial charge in [-0.3, -0.25) is 4.79 Å². The Morgan fingerprint density at radius 3 is 2.59 bits per heavy atom. The summed E-state index contributed by atoms with van der Waals surface area (Å²) in [4.78, 5) is 12.2. The third-order valence-corrected chi connectivity index (χ3v) is 3.32. The van der Waals surface area contributed by atoms with Crippen LogP contribution in [0.2, 0.25) is 0 Å². The minimum atomic E-state index is 0.137. The highest BCUT2D eigenvalue weighted by Gasteiger charge is 2.50. The van der Waals surface area contributed by atoms with Gasteiger partial charge in [-0.2, -0.15) is 0 Å². The summed E-state index contributed by atoms with van der Waals surface area (Å²) in [6, 6.07) is 7.52. The topological polar surface area (TPSA) is 26.3 Å². The molecule has 1 aliphatic rings. The van der Waals surface area contributed by atoms with E-state index < -0.39 is 0 Å². The first-order valence-corrected chi connectivity index (χ1v) is 6.21. The van der Waals surface area contributed by atoms with Crippen LogP contribution in [0.15, 0.2) is 24.3 Å². The van der Waals surface area contributed by atoms with Crippen LogP contribution in [-0.2, 0) is 0 Å². The summed E-state index contributed by atoms with van der Waals surface area (Å²) in [6.45, 7) is 8.26. The van der Waals surface area contributed by atoms with E-state index in [0.717, 1.165) is 17.7 Å². The lowest BCUT2D eigenvalue weighted by molar-refractivity contribution is 0.0952. The molecule has 0 bridgehead atoms. The fourth-order valence-corrected chi connectivity index (χ4v) is 2.11. The Kier molecular flexibility index (Phi) is 2.98. The number of ether oxygens (including phenoxy) is 1. The summed E-state index contributed by atoms with van der Waals surface area (Å²) >= 11 is 0. The lowest BCUT2D eigenvalue weighted by Crippen LogP contribution is -2.09. The van der Waals surface area contributed by atoms with Crippen molar-refractivity contribution in [3.8, 4) is 5.75 Å². The third kappa shape index (κ3) is 2.68. The van der Waals surface area contributed by atoms with Crippen LogP contribution in [0, 0.1) is 11.3 Å². The summed E-state index contributed by atoms with van der Waals surface area (Å²) in [7, 11) is 0. The molecule has 0 aromatic heterocycles. The van der Waals surface area contributed by atoms with Gasteiger partial charge in [0.05, 0.1) is 6.10 Å². The van der Waals surface area contributed by atoms with Crippen molar-refractivity contribution in [1.29, 1.82) is 0 Å². The smallest absolute Gasteiger partial charge is 0.166 e. The molecule has 1 unspecified atom stereocenters. The second-order valence-corrected chi connectivity index (χ2v) is 5.80. The fourth-order valence-electron chi connectivity index (χ4n) is 2.11. The van der Waals surface area contributed by atoms with Gasteiger partial charge in [0.1, 0.15) is 5.75 Å². The number of hydrogen-bond donors (Lipinski definition) is 0. The predicted octanol–water partition coefficient (Wildman–Crippen LogP) is 3.70. The first-order chi connectivity index (χ1) is 7.90. The molecule has 2 heteroatoms. The van der Waals surface area contributed by atoms with Crippen molar-refractivity contribution in [1.82, 2.24) is 0 Å². The Labute approximate surface area is 103 Å². The SMILES string of the molecule is CC(C)Oc1cccc(C(=O)C2CC2(C)C)c1. The minimum absolute atomic E-state index is 0.137. The zero-order valence-corrected chi connectivity index (χ0v) is 11.0. The van der Waals surface area contributed by atoms with Crippen LogP contribution in [0.4, 0.5) is 0 Å². The molecule has 0 spiro atoms. The summed E-state index contributed by atoms with van der Waals surface area (Å²) in [5.41, 5.74) is 0.963. The lowest BCUT2D eigenvalue weighted by Gasteiger charge is -2.10. The third-order valence-electron chi connectivity index (χ3n) is 3.32. The molecule has 0 radical (unpaired) electrons. The summed E-state index contributed by atoms with van der Waals surface area (Å²) in [5, 5.41) is 0. The largest absolute Gasteiger partial charge is 0.491 e. The lowest BCUT2D eigenvalue weighted by atomic mass is 10.0.